The van der Waals surface area contributed by atoms with Crippen molar-refractivity contribution < 1.29 is 14.6 Å². The van der Waals surface area contributed by atoms with Gasteiger partial charge in [0.05, 0.1) is 5.71 Å². The van der Waals surface area contributed by atoms with Crippen LogP contribution in [-0.2, 0) is 4.79 Å². The van der Waals surface area contributed by atoms with Crippen LogP contribution in [0.5, 0.6) is 11.5 Å². The predicted octanol–water partition coefficient (Wildman–Crippen LogP) is 3.66. The Kier molecular flexibility index (Phi) is 5.82. The fraction of sp³-hybridized carbons (Fsp3) is 0.222. The third kappa shape index (κ3) is 4.73. The van der Waals surface area contributed by atoms with Crippen molar-refractivity contribution >= 4 is 23.2 Å². The maximum absolute atomic E-state index is 12.1. The minimum atomic E-state index is -0.717. The molecule has 0 fully saturated rings. The molecule has 2 N–H and O–H groups in total. The van der Waals surface area contributed by atoms with E-state index in [-0.39, 0.29) is 11.7 Å². The van der Waals surface area contributed by atoms with Crippen LogP contribution in [0.2, 0.25) is 5.02 Å². The lowest BCUT2D eigenvalue weighted by molar-refractivity contribution is -0.127. The molecule has 1 unspecified atom stereocenters. The number of nitrogens with zero attached hydrogens (tertiary/aromatic N) is 1. The molecule has 0 saturated carbocycles. The first-order valence-electron chi connectivity index (χ1n) is 7.43. The van der Waals surface area contributed by atoms with E-state index in [0.29, 0.717) is 16.5 Å². The molecule has 0 radical (unpaired) electrons. The highest BCUT2D eigenvalue weighted by molar-refractivity contribution is 6.30. The lowest BCUT2D eigenvalue weighted by atomic mass is 10.1. The number of amides is 1. The number of aryl methyl sites for hydroxylation is 1. The van der Waals surface area contributed by atoms with Crippen LogP contribution in [0.3, 0.4) is 0 Å². The van der Waals surface area contributed by atoms with Crippen LogP contribution in [0, 0.1) is 6.92 Å². The second-order valence-electron chi connectivity index (χ2n) is 5.39. The van der Waals surface area contributed by atoms with Crippen LogP contribution >= 0.6 is 11.6 Å². The zero-order valence-corrected chi connectivity index (χ0v) is 14.5. The third-order valence-corrected chi connectivity index (χ3v) is 3.64. The number of benzene rings is 2. The van der Waals surface area contributed by atoms with Crippen molar-refractivity contribution in [1.82, 2.24) is 5.43 Å². The largest absolute Gasteiger partial charge is 0.508 e. The number of hydrogen-bond acceptors (Lipinski definition) is 4. The molecule has 24 heavy (non-hydrogen) atoms. The predicted molar refractivity (Wildman–Crippen MR) is 94.7 cm³/mol. The maximum atomic E-state index is 12.1. The molecular formula is C18H19ClN2O3. The van der Waals surface area contributed by atoms with Crippen LogP contribution in [0.1, 0.15) is 25.0 Å². The van der Waals surface area contributed by atoms with E-state index in [2.05, 4.69) is 10.5 Å². The van der Waals surface area contributed by atoms with Gasteiger partial charge in [-0.3, -0.25) is 4.79 Å². The van der Waals surface area contributed by atoms with Gasteiger partial charge in [-0.15, -0.1) is 0 Å². The number of ether oxygens (including phenoxy) is 1. The van der Waals surface area contributed by atoms with Crippen molar-refractivity contribution in [2.45, 2.75) is 26.9 Å². The molecule has 0 aliphatic heterocycles. The van der Waals surface area contributed by atoms with Crippen LogP contribution in [0.15, 0.2) is 47.6 Å². The van der Waals surface area contributed by atoms with E-state index in [1.165, 1.54) is 0 Å². The molecule has 2 aromatic rings. The van der Waals surface area contributed by atoms with Gasteiger partial charge < -0.3 is 9.84 Å². The first-order chi connectivity index (χ1) is 11.4. The smallest absolute Gasteiger partial charge is 0.280 e. The van der Waals surface area contributed by atoms with Gasteiger partial charge in [0.15, 0.2) is 6.10 Å². The Morgan fingerprint density at radius 1 is 1.29 bits per heavy atom. The van der Waals surface area contributed by atoms with Crippen LogP contribution in [0.25, 0.3) is 0 Å². The number of halogens is 1. The first-order valence-corrected chi connectivity index (χ1v) is 7.81. The average molecular weight is 347 g/mol. The molecule has 0 aromatic heterocycles. The molecule has 126 valence electrons. The van der Waals surface area contributed by atoms with Gasteiger partial charge in [-0.1, -0.05) is 23.7 Å². The highest BCUT2D eigenvalue weighted by Crippen LogP contribution is 2.22. The van der Waals surface area contributed by atoms with Gasteiger partial charge in [0, 0.05) is 10.6 Å². The van der Waals surface area contributed by atoms with Crippen molar-refractivity contribution in [3.8, 4) is 11.5 Å². The lowest BCUT2D eigenvalue weighted by Crippen LogP contribution is -2.34. The third-order valence-electron chi connectivity index (χ3n) is 3.41. The summed E-state index contributed by atoms with van der Waals surface area (Å²) < 4.78 is 5.64. The van der Waals surface area contributed by atoms with E-state index in [1.807, 2.05) is 6.92 Å². The fourth-order valence-corrected chi connectivity index (χ4v) is 2.24. The number of nitrogens with one attached hydrogen (secondary N) is 1. The molecule has 1 atom stereocenters. The molecule has 0 heterocycles. The molecule has 1 amide bonds. The number of phenolic OH excluding ortho intramolecular Hbond substituents is 1. The summed E-state index contributed by atoms with van der Waals surface area (Å²) in [6.07, 6.45) is -0.717. The quantitative estimate of drug-likeness (QED) is 0.641. The number of phenols is 1. The molecular weight excluding hydrogens is 328 g/mol. The van der Waals surface area contributed by atoms with Crippen molar-refractivity contribution in [2.75, 3.05) is 0 Å². The minimum absolute atomic E-state index is 0.142. The van der Waals surface area contributed by atoms with E-state index < -0.39 is 6.10 Å². The summed E-state index contributed by atoms with van der Waals surface area (Å²) >= 11 is 5.90. The van der Waals surface area contributed by atoms with Crippen molar-refractivity contribution in [2.24, 2.45) is 5.10 Å². The summed E-state index contributed by atoms with van der Waals surface area (Å²) in [7, 11) is 0. The van der Waals surface area contributed by atoms with Crippen molar-refractivity contribution in [3.05, 3.63) is 58.6 Å². The molecule has 0 saturated heterocycles. The Bertz CT molecular complexity index is 775. The Hall–Kier alpha value is -2.53. The molecule has 2 aromatic carbocycles. The number of carbonyl (C=O) groups excluding carboxylic acids is 1. The summed E-state index contributed by atoms with van der Waals surface area (Å²) in [5, 5.41) is 14.1. The van der Waals surface area contributed by atoms with E-state index in [1.54, 1.807) is 56.3 Å². The van der Waals surface area contributed by atoms with Crippen LogP contribution in [0.4, 0.5) is 0 Å². The Balaban J connectivity index is 1.99. The van der Waals surface area contributed by atoms with Crippen molar-refractivity contribution in [1.29, 1.82) is 0 Å². The summed E-state index contributed by atoms with van der Waals surface area (Å²) in [6, 6.07) is 11.8. The highest BCUT2D eigenvalue weighted by Gasteiger charge is 2.15. The Morgan fingerprint density at radius 3 is 2.71 bits per heavy atom. The molecule has 0 bridgehead atoms. The SMILES string of the molecule is CC(=NNC(=O)C(C)Oc1ccc(Cl)cc1C)c1cccc(O)c1. The second-order valence-corrected chi connectivity index (χ2v) is 5.83. The van der Waals surface area contributed by atoms with Gasteiger partial charge in [0.2, 0.25) is 0 Å². The zero-order valence-electron chi connectivity index (χ0n) is 13.7. The van der Waals surface area contributed by atoms with Gasteiger partial charge in [-0.05, 0) is 56.7 Å². The normalized spacial score (nSPS) is 12.6. The number of hydrogen-bond donors (Lipinski definition) is 2. The van der Waals surface area contributed by atoms with Crippen LogP contribution < -0.4 is 10.2 Å². The monoisotopic (exact) mass is 346 g/mol. The van der Waals surface area contributed by atoms with Gasteiger partial charge in [0.25, 0.3) is 5.91 Å². The first kappa shape index (κ1) is 17.8. The van der Waals surface area contributed by atoms with E-state index in [9.17, 15) is 9.90 Å². The van der Waals surface area contributed by atoms with Gasteiger partial charge in [-0.2, -0.15) is 5.10 Å². The summed E-state index contributed by atoms with van der Waals surface area (Å²) in [5.74, 6) is 0.364. The number of rotatable bonds is 5. The average Bonchev–Trinajstić information content (AvgIpc) is 2.54. The maximum Gasteiger partial charge on any atom is 0.280 e. The van der Waals surface area contributed by atoms with E-state index >= 15 is 0 Å². The highest BCUT2D eigenvalue weighted by atomic mass is 35.5. The van der Waals surface area contributed by atoms with Crippen molar-refractivity contribution in [3.63, 3.8) is 0 Å². The van der Waals surface area contributed by atoms with E-state index in [4.69, 9.17) is 16.3 Å². The summed E-state index contributed by atoms with van der Waals surface area (Å²) in [6.45, 7) is 5.24. The number of hydrazone groups is 1. The Morgan fingerprint density at radius 2 is 2.04 bits per heavy atom. The van der Waals surface area contributed by atoms with E-state index in [0.717, 1.165) is 11.1 Å². The standard InChI is InChI=1S/C18H19ClN2O3/c1-11-9-15(19)7-8-17(11)24-13(3)18(23)21-20-12(2)14-5-4-6-16(22)10-14/h4-10,13,22H,1-3H3,(H,21,23). The summed E-state index contributed by atoms with van der Waals surface area (Å²) in [5.41, 5.74) is 4.61. The fourth-order valence-electron chi connectivity index (χ4n) is 2.01. The number of aromatic hydroxyl groups is 1. The molecule has 2 rings (SSSR count). The Labute approximate surface area is 145 Å². The lowest BCUT2D eigenvalue weighted by Gasteiger charge is -2.15. The zero-order chi connectivity index (χ0) is 17.7. The summed E-state index contributed by atoms with van der Waals surface area (Å²) in [4.78, 5) is 12.1. The molecule has 6 heteroatoms. The molecule has 5 nitrogen and oxygen atoms in total. The topological polar surface area (TPSA) is 70.9 Å². The van der Waals surface area contributed by atoms with Gasteiger partial charge >= 0.3 is 0 Å². The van der Waals surface area contributed by atoms with Gasteiger partial charge in [-0.25, -0.2) is 5.43 Å². The minimum Gasteiger partial charge on any atom is -0.508 e. The number of carbonyl (C=O) groups is 1. The molecule has 0 aliphatic rings. The molecule has 0 spiro atoms. The van der Waals surface area contributed by atoms with Crippen LogP contribution in [-0.4, -0.2) is 22.8 Å². The van der Waals surface area contributed by atoms with Gasteiger partial charge in [0.1, 0.15) is 11.5 Å². The molecule has 0 aliphatic carbocycles. The second kappa shape index (κ2) is 7.84.